The number of nitrogens with one attached hydrogen (secondary N) is 1. The number of amides is 1. The number of piperazine rings is 1. The van der Waals surface area contributed by atoms with Gasteiger partial charge in [0.05, 0.1) is 24.8 Å². The molecule has 114 valence electrons. The monoisotopic (exact) mass is 289 g/mol. The van der Waals surface area contributed by atoms with Gasteiger partial charge in [0.25, 0.3) is 5.91 Å². The average molecular weight is 289 g/mol. The predicted molar refractivity (Wildman–Crippen MR) is 79.3 cm³/mol. The number of nitrogens with zero attached hydrogens (tertiary/aromatic N) is 2. The Morgan fingerprint density at radius 2 is 2.19 bits per heavy atom. The Bertz CT molecular complexity index is 537. The number of hydrogen-bond donors (Lipinski definition) is 1. The molecule has 3 aliphatic rings. The SMILES string of the molecule is Cc1[nH]ccc1C(=O)N1CCN2[C@@H](COC[C@@H]2C2CC2)C1. The molecule has 1 aromatic rings. The Kier molecular flexibility index (Phi) is 3.27. The zero-order chi connectivity index (χ0) is 14.4. The number of ether oxygens (including phenoxy) is 1. The molecular formula is C16H23N3O2. The Morgan fingerprint density at radius 3 is 2.90 bits per heavy atom. The molecule has 0 bridgehead atoms. The van der Waals surface area contributed by atoms with Crippen molar-refractivity contribution in [3.05, 3.63) is 23.5 Å². The van der Waals surface area contributed by atoms with Crippen LogP contribution < -0.4 is 0 Å². The van der Waals surface area contributed by atoms with E-state index in [9.17, 15) is 4.79 Å². The van der Waals surface area contributed by atoms with E-state index in [4.69, 9.17) is 4.74 Å². The van der Waals surface area contributed by atoms with E-state index < -0.39 is 0 Å². The highest BCUT2D eigenvalue weighted by molar-refractivity contribution is 5.95. The molecule has 2 aliphatic heterocycles. The Morgan fingerprint density at radius 1 is 1.33 bits per heavy atom. The van der Waals surface area contributed by atoms with Crippen molar-refractivity contribution in [2.45, 2.75) is 31.8 Å². The number of carbonyl (C=O) groups is 1. The predicted octanol–water partition coefficient (Wildman–Crippen LogP) is 1.26. The van der Waals surface area contributed by atoms with E-state index in [-0.39, 0.29) is 5.91 Å². The van der Waals surface area contributed by atoms with Crippen molar-refractivity contribution in [3.8, 4) is 0 Å². The van der Waals surface area contributed by atoms with Crippen molar-refractivity contribution in [2.24, 2.45) is 5.92 Å². The van der Waals surface area contributed by atoms with Crippen molar-refractivity contribution in [1.82, 2.24) is 14.8 Å². The van der Waals surface area contributed by atoms with Gasteiger partial charge in [0.1, 0.15) is 0 Å². The third kappa shape index (κ3) is 2.38. The molecule has 0 aromatic carbocycles. The summed E-state index contributed by atoms with van der Waals surface area (Å²) in [5.74, 6) is 0.990. The van der Waals surface area contributed by atoms with Gasteiger partial charge in [-0.1, -0.05) is 0 Å². The minimum Gasteiger partial charge on any atom is -0.378 e. The highest BCUT2D eigenvalue weighted by Gasteiger charge is 2.43. The fourth-order valence-corrected chi connectivity index (χ4v) is 3.80. The number of aromatic amines is 1. The van der Waals surface area contributed by atoms with E-state index in [0.717, 1.165) is 50.0 Å². The van der Waals surface area contributed by atoms with E-state index in [1.165, 1.54) is 12.8 Å². The molecular weight excluding hydrogens is 266 g/mol. The maximum Gasteiger partial charge on any atom is 0.255 e. The quantitative estimate of drug-likeness (QED) is 0.891. The van der Waals surface area contributed by atoms with Gasteiger partial charge in [0.15, 0.2) is 0 Å². The van der Waals surface area contributed by atoms with Crippen LogP contribution in [0.3, 0.4) is 0 Å². The lowest BCUT2D eigenvalue weighted by Gasteiger charge is -2.48. The van der Waals surface area contributed by atoms with E-state index in [2.05, 4.69) is 9.88 Å². The van der Waals surface area contributed by atoms with Crippen LogP contribution in [0, 0.1) is 12.8 Å². The molecule has 4 rings (SSSR count). The number of carbonyl (C=O) groups excluding carboxylic acids is 1. The summed E-state index contributed by atoms with van der Waals surface area (Å²) in [6, 6.07) is 2.85. The maximum absolute atomic E-state index is 12.6. The molecule has 1 aromatic heterocycles. The van der Waals surface area contributed by atoms with Gasteiger partial charge in [0, 0.05) is 37.6 Å². The summed E-state index contributed by atoms with van der Waals surface area (Å²) in [4.78, 5) is 20.3. The smallest absolute Gasteiger partial charge is 0.255 e. The summed E-state index contributed by atoms with van der Waals surface area (Å²) in [5, 5.41) is 0. The summed E-state index contributed by atoms with van der Waals surface area (Å²) in [7, 11) is 0. The maximum atomic E-state index is 12.6. The molecule has 1 amide bonds. The second kappa shape index (κ2) is 5.14. The van der Waals surface area contributed by atoms with Crippen LogP contribution in [0.4, 0.5) is 0 Å². The van der Waals surface area contributed by atoms with Crippen molar-refractivity contribution < 1.29 is 9.53 Å². The first-order valence-electron chi connectivity index (χ1n) is 8.01. The van der Waals surface area contributed by atoms with E-state index in [1.54, 1.807) is 0 Å². The summed E-state index contributed by atoms with van der Waals surface area (Å²) < 4.78 is 5.81. The van der Waals surface area contributed by atoms with Gasteiger partial charge in [-0.3, -0.25) is 9.69 Å². The zero-order valence-electron chi connectivity index (χ0n) is 12.5. The molecule has 2 saturated heterocycles. The fourth-order valence-electron chi connectivity index (χ4n) is 3.80. The molecule has 0 unspecified atom stereocenters. The summed E-state index contributed by atoms with van der Waals surface area (Å²) in [5.41, 5.74) is 1.76. The first-order valence-corrected chi connectivity index (χ1v) is 8.01. The van der Waals surface area contributed by atoms with Crippen molar-refractivity contribution in [3.63, 3.8) is 0 Å². The number of hydrogen-bond acceptors (Lipinski definition) is 3. The molecule has 1 saturated carbocycles. The molecule has 0 spiro atoms. The van der Waals surface area contributed by atoms with E-state index >= 15 is 0 Å². The minimum absolute atomic E-state index is 0.155. The van der Waals surface area contributed by atoms with E-state index in [1.807, 2.05) is 24.1 Å². The van der Waals surface area contributed by atoms with Crippen LogP contribution in [0.25, 0.3) is 0 Å². The normalized spacial score (nSPS) is 30.2. The summed E-state index contributed by atoms with van der Waals surface area (Å²) in [6.45, 7) is 6.22. The first-order chi connectivity index (χ1) is 10.2. The third-order valence-electron chi connectivity index (χ3n) is 5.19. The Balaban J connectivity index is 1.46. The van der Waals surface area contributed by atoms with Crippen LogP contribution in [-0.2, 0) is 4.74 Å². The molecule has 21 heavy (non-hydrogen) atoms. The van der Waals surface area contributed by atoms with Crippen LogP contribution in [-0.4, -0.2) is 65.6 Å². The first kappa shape index (κ1) is 13.3. The largest absolute Gasteiger partial charge is 0.378 e. The van der Waals surface area contributed by atoms with Gasteiger partial charge in [-0.15, -0.1) is 0 Å². The minimum atomic E-state index is 0.155. The van der Waals surface area contributed by atoms with Gasteiger partial charge < -0.3 is 14.6 Å². The molecule has 2 atom stereocenters. The highest BCUT2D eigenvalue weighted by atomic mass is 16.5. The molecule has 1 aliphatic carbocycles. The van der Waals surface area contributed by atoms with Gasteiger partial charge in [-0.05, 0) is 31.7 Å². The fraction of sp³-hybridized carbons (Fsp3) is 0.688. The molecule has 3 fully saturated rings. The van der Waals surface area contributed by atoms with Crippen molar-refractivity contribution >= 4 is 5.91 Å². The van der Waals surface area contributed by atoms with Crippen LogP contribution in [0.15, 0.2) is 12.3 Å². The van der Waals surface area contributed by atoms with Crippen LogP contribution in [0.5, 0.6) is 0 Å². The summed E-state index contributed by atoms with van der Waals surface area (Å²) in [6.07, 6.45) is 4.54. The number of aryl methyl sites for hydroxylation is 1. The standard InChI is InChI=1S/C16H23N3O2/c1-11-14(4-5-17-11)16(20)18-6-7-19-13(8-18)9-21-10-15(19)12-2-3-12/h4-5,12-13,15,17H,2-3,6-10H2,1H3/t13-,15-/m1/s1. The Labute approximate surface area is 125 Å². The molecule has 0 radical (unpaired) electrons. The lowest BCUT2D eigenvalue weighted by Crippen LogP contribution is -2.63. The van der Waals surface area contributed by atoms with Crippen LogP contribution in [0.1, 0.15) is 28.9 Å². The van der Waals surface area contributed by atoms with Crippen LogP contribution in [0.2, 0.25) is 0 Å². The number of rotatable bonds is 2. The number of morpholine rings is 1. The Hall–Kier alpha value is -1.33. The zero-order valence-corrected chi connectivity index (χ0v) is 12.5. The van der Waals surface area contributed by atoms with Crippen molar-refractivity contribution in [2.75, 3.05) is 32.8 Å². The van der Waals surface area contributed by atoms with Gasteiger partial charge in [0.2, 0.25) is 0 Å². The van der Waals surface area contributed by atoms with Gasteiger partial charge >= 0.3 is 0 Å². The van der Waals surface area contributed by atoms with Gasteiger partial charge in [-0.25, -0.2) is 0 Å². The van der Waals surface area contributed by atoms with Gasteiger partial charge in [-0.2, -0.15) is 0 Å². The topological polar surface area (TPSA) is 48.6 Å². The number of H-pyrrole nitrogens is 1. The summed E-state index contributed by atoms with van der Waals surface area (Å²) >= 11 is 0. The molecule has 3 heterocycles. The third-order valence-corrected chi connectivity index (χ3v) is 5.19. The molecule has 5 nitrogen and oxygen atoms in total. The lowest BCUT2D eigenvalue weighted by atomic mass is 10.0. The number of aromatic nitrogens is 1. The van der Waals surface area contributed by atoms with Crippen molar-refractivity contribution in [1.29, 1.82) is 0 Å². The molecule has 5 heteroatoms. The van der Waals surface area contributed by atoms with E-state index in [0.29, 0.717) is 12.1 Å². The number of fused-ring (bicyclic) bond motifs is 1. The average Bonchev–Trinajstić information content (AvgIpc) is 3.27. The lowest BCUT2D eigenvalue weighted by molar-refractivity contribution is -0.0816. The highest BCUT2D eigenvalue weighted by Crippen LogP contribution is 2.38. The molecule has 1 N–H and O–H groups in total. The second-order valence-electron chi connectivity index (χ2n) is 6.60. The second-order valence-corrected chi connectivity index (χ2v) is 6.60. The van der Waals surface area contributed by atoms with Crippen LogP contribution >= 0.6 is 0 Å².